The Morgan fingerprint density at radius 2 is 2.21 bits per heavy atom. The molecule has 0 radical (unpaired) electrons. The topological polar surface area (TPSA) is 129 Å². The maximum atomic E-state index is 13.7. The van der Waals surface area contributed by atoms with Crippen LogP contribution in [-0.2, 0) is 4.79 Å². The summed E-state index contributed by atoms with van der Waals surface area (Å²) in [5, 5.41) is 16.5. The predicted octanol–water partition coefficient (Wildman–Crippen LogP) is 1.10. The molecule has 11 heteroatoms. The van der Waals surface area contributed by atoms with E-state index in [1.165, 1.54) is 15.6 Å². The lowest BCUT2D eigenvalue weighted by atomic mass is 10.0. The minimum Gasteiger partial charge on any atom is -0.376 e. The highest BCUT2D eigenvalue weighted by molar-refractivity contribution is 9.10. The van der Waals surface area contributed by atoms with Crippen molar-refractivity contribution in [2.24, 2.45) is 17.1 Å². The van der Waals surface area contributed by atoms with Gasteiger partial charge in [-0.3, -0.25) is 14.0 Å². The molecule has 3 N–H and O–H groups in total. The molecule has 0 spiro atoms. The molecule has 0 aromatic carbocycles. The van der Waals surface area contributed by atoms with Crippen LogP contribution in [0.2, 0.25) is 0 Å². The fraction of sp³-hybridized carbons (Fsp3) is 0.471. The summed E-state index contributed by atoms with van der Waals surface area (Å²) < 4.78 is 15.7. The van der Waals surface area contributed by atoms with Gasteiger partial charge in [-0.05, 0) is 28.8 Å². The van der Waals surface area contributed by atoms with E-state index in [2.05, 4.69) is 37.4 Å². The van der Waals surface area contributed by atoms with Crippen LogP contribution < -0.4 is 11.1 Å². The van der Waals surface area contributed by atoms with E-state index in [0.29, 0.717) is 28.8 Å². The van der Waals surface area contributed by atoms with Crippen LogP contribution in [0.25, 0.3) is 5.65 Å². The number of hydrogen-bond acceptors (Lipinski definition) is 6. The number of alkyl halides is 1. The number of nitrogens with two attached hydrogens (primary N) is 1. The Kier molecular flexibility index (Phi) is 4.45. The predicted molar refractivity (Wildman–Crippen MR) is 99.9 cm³/mol. The first kappa shape index (κ1) is 18.6. The van der Waals surface area contributed by atoms with Crippen LogP contribution in [-0.4, -0.2) is 57.1 Å². The zero-order chi connectivity index (χ0) is 20.1. The molecule has 2 aliphatic rings. The van der Waals surface area contributed by atoms with E-state index in [0.717, 1.165) is 0 Å². The number of rotatable bonds is 5. The second kappa shape index (κ2) is 6.70. The van der Waals surface area contributed by atoms with Crippen molar-refractivity contribution in [3.8, 4) is 6.07 Å². The van der Waals surface area contributed by atoms with Gasteiger partial charge in [0.25, 0.3) is 5.91 Å². The molecule has 2 aromatic rings. The van der Waals surface area contributed by atoms with Gasteiger partial charge < -0.3 is 16.0 Å². The summed E-state index contributed by atoms with van der Waals surface area (Å²) in [4.78, 5) is 30.3. The largest absolute Gasteiger partial charge is 0.376 e. The number of aromatic nitrogens is 3. The maximum Gasteiger partial charge on any atom is 0.252 e. The average molecular weight is 450 g/mol. The van der Waals surface area contributed by atoms with E-state index in [1.54, 1.807) is 6.20 Å². The van der Waals surface area contributed by atoms with Crippen molar-refractivity contribution < 1.29 is 14.0 Å². The number of carbonyl (C=O) groups is 2. The van der Waals surface area contributed by atoms with Crippen LogP contribution in [0.5, 0.6) is 0 Å². The highest BCUT2D eigenvalue weighted by atomic mass is 79.9. The van der Waals surface area contributed by atoms with Gasteiger partial charge in [0, 0.05) is 19.0 Å². The number of anilines is 1. The molecule has 28 heavy (non-hydrogen) atoms. The van der Waals surface area contributed by atoms with Gasteiger partial charge in [-0.25, -0.2) is 9.50 Å². The molecule has 2 fully saturated rings. The number of imidazole rings is 1. The first-order valence-electron chi connectivity index (χ1n) is 8.75. The van der Waals surface area contributed by atoms with Crippen molar-refractivity contribution in [1.29, 1.82) is 5.26 Å². The van der Waals surface area contributed by atoms with Gasteiger partial charge in [0.15, 0.2) is 5.65 Å². The number of carbonyl (C=O) groups excluding carboxylic acids is 2. The smallest absolute Gasteiger partial charge is 0.252 e. The molecule has 1 saturated carbocycles. The van der Waals surface area contributed by atoms with Gasteiger partial charge in [0.2, 0.25) is 5.91 Å². The Hall–Kier alpha value is -2.74. The number of hydrogen-bond donors (Lipinski definition) is 2. The number of likely N-dealkylation sites (tertiary alicyclic amines) is 1. The van der Waals surface area contributed by atoms with Crippen LogP contribution in [0.3, 0.4) is 0 Å². The molecule has 2 atom stereocenters. The number of primary amides is 1. The van der Waals surface area contributed by atoms with Crippen LogP contribution >= 0.6 is 15.9 Å². The van der Waals surface area contributed by atoms with E-state index in [1.807, 2.05) is 0 Å². The molecule has 1 aliphatic carbocycles. The standard InChI is InChI=1S/C17H17BrFN7O2/c18-12-7-26-15(24-12)13(10(4-22-26)14(21)27)23-11-6-25(5-9(11)3-19)16(28)17(8-20)1-2-17/h4,7,9,11,23H,1-3,5-6H2,(H2,21,27)/t9-,11+/m0/s1. The maximum absolute atomic E-state index is 13.7. The third kappa shape index (κ3) is 2.97. The molecule has 3 heterocycles. The van der Waals surface area contributed by atoms with Crippen molar-refractivity contribution in [3.05, 3.63) is 22.6 Å². The summed E-state index contributed by atoms with van der Waals surface area (Å²) in [6, 6.07) is 1.63. The zero-order valence-corrected chi connectivity index (χ0v) is 16.3. The molecule has 1 aliphatic heterocycles. The number of halogens is 2. The molecule has 146 valence electrons. The van der Waals surface area contributed by atoms with E-state index < -0.39 is 30.0 Å². The van der Waals surface area contributed by atoms with Gasteiger partial charge in [-0.2, -0.15) is 10.4 Å². The molecule has 4 rings (SSSR count). The van der Waals surface area contributed by atoms with Gasteiger partial charge >= 0.3 is 0 Å². The van der Waals surface area contributed by atoms with Crippen molar-refractivity contribution in [3.63, 3.8) is 0 Å². The molecule has 0 bridgehead atoms. The lowest BCUT2D eigenvalue weighted by molar-refractivity contribution is -0.134. The van der Waals surface area contributed by atoms with Crippen molar-refractivity contribution >= 4 is 39.1 Å². The van der Waals surface area contributed by atoms with Gasteiger partial charge in [-0.1, -0.05) is 0 Å². The third-order valence-corrected chi connectivity index (χ3v) is 5.74. The highest BCUT2D eigenvalue weighted by Gasteiger charge is 2.54. The van der Waals surface area contributed by atoms with Crippen LogP contribution in [0.4, 0.5) is 10.1 Å². The fourth-order valence-corrected chi connectivity index (χ4v) is 3.94. The first-order valence-corrected chi connectivity index (χ1v) is 9.54. The van der Waals surface area contributed by atoms with E-state index in [-0.39, 0.29) is 24.6 Å². The summed E-state index contributed by atoms with van der Waals surface area (Å²) in [6.07, 6.45) is 4.02. The molecule has 2 aromatic heterocycles. The second-order valence-corrected chi connectivity index (χ2v) is 8.01. The molecule has 9 nitrogen and oxygen atoms in total. The molecule has 2 amide bonds. The summed E-state index contributed by atoms with van der Waals surface area (Å²) in [5.41, 5.74) is 5.35. The Morgan fingerprint density at radius 3 is 2.82 bits per heavy atom. The Morgan fingerprint density at radius 1 is 1.46 bits per heavy atom. The summed E-state index contributed by atoms with van der Waals surface area (Å²) in [6.45, 7) is -0.209. The quantitative estimate of drug-likeness (QED) is 0.702. The number of nitrogens with one attached hydrogen (secondary N) is 1. The first-order chi connectivity index (χ1) is 13.4. The molecular formula is C17H17BrFN7O2. The summed E-state index contributed by atoms with van der Waals surface area (Å²) in [7, 11) is 0. The van der Waals surface area contributed by atoms with Gasteiger partial charge in [0.05, 0.1) is 42.4 Å². The van der Waals surface area contributed by atoms with Crippen LogP contribution in [0, 0.1) is 22.7 Å². The number of nitriles is 1. The van der Waals surface area contributed by atoms with Crippen LogP contribution in [0.15, 0.2) is 17.0 Å². The summed E-state index contributed by atoms with van der Waals surface area (Å²) in [5.74, 6) is -1.43. The van der Waals surface area contributed by atoms with E-state index in [9.17, 15) is 19.2 Å². The van der Waals surface area contributed by atoms with Gasteiger partial charge in [0.1, 0.15) is 10.0 Å². The SMILES string of the molecule is N#CC1(C(=O)N2C[C@H](CF)[C@H](Nc3c(C(N)=O)cnn4cc(Br)nc34)C2)CC1. The Balaban J connectivity index is 1.65. The summed E-state index contributed by atoms with van der Waals surface area (Å²) >= 11 is 3.26. The minimum absolute atomic E-state index is 0.128. The minimum atomic E-state index is -0.952. The number of nitrogens with zero attached hydrogens (tertiary/aromatic N) is 5. The lowest BCUT2D eigenvalue weighted by Crippen LogP contribution is -2.36. The second-order valence-electron chi connectivity index (χ2n) is 7.20. The van der Waals surface area contributed by atoms with Crippen molar-refractivity contribution in [1.82, 2.24) is 19.5 Å². The van der Waals surface area contributed by atoms with Crippen LogP contribution in [0.1, 0.15) is 23.2 Å². The number of amides is 2. The Labute approximate surface area is 167 Å². The zero-order valence-electron chi connectivity index (χ0n) is 14.7. The highest BCUT2D eigenvalue weighted by Crippen LogP contribution is 2.47. The normalized spacial score (nSPS) is 22.8. The van der Waals surface area contributed by atoms with Crippen molar-refractivity contribution in [2.75, 3.05) is 25.1 Å². The number of fused-ring (bicyclic) bond motifs is 1. The molecule has 1 saturated heterocycles. The van der Waals surface area contributed by atoms with E-state index >= 15 is 0 Å². The fourth-order valence-electron chi connectivity index (χ4n) is 3.58. The Bertz CT molecular complexity index is 1010. The lowest BCUT2D eigenvalue weighted by Gasteiger charge is -2.21. The molecular weight excluding hydrogens is 433 g/mol. The average Bonchev–Trinajstić information content (AvgIpc) is 3.22. The van der Waals surface area contributed by atoms with Gasteiger partial charge in [-0.15, -0.1) is 0 Å². The van der Waals surface area contributed by atoms with E-state index in [4.69, 9.17) is 5.73 Å². The molecule has 0 unspecified atom stereocenters. The van der Waals surface area contributed by atoms with Crippen molar-refractivity contribution in [2.45, 2.75) is 18.9 Å². The monoisotopic (exact) mass is 449 g/mol. The third-order valence-electron chi connectivity index (χ3n) is 5.36.